The summed E-state index contributed by atoms with van der Waals surface area (Å²) in [6, 6.07) is 27.1. The maximum atomic E-state index is 12.8. The summed E-state index contributed by atoms with van der Waals surface area (Å²) in [6.45, 7) is 0.429. The summed E-state index contributed by atoms with van der Waals surface area (Å²) in [6.07, 6.45) is -0.584. The lowest BCUT2D eigenvalue weighted by molar-refractivity contribution is 0.0949. The number of carbonyl (C=O) groups excluding carboxylic acids is 1. The van der Waals surface area contributed by atoms with E-state index in [1.165, 1.54) is 0 Å². The molecule has 1 fully saturated rings. The molecular weight excluding hydrogens is 312 g/mol. The van der Waals surface area contributed by atoms with Gasteiger partial charge in [-0.2, -0.15) is 0 Å². The van der Waals surface area contributed by atoms with Crippen LogP contribution in [0.4, 0.5) is 0 Å². The molecule has 3 aromatic carbocycles. The van der Waals surface area contributed by atoms with E-state index in [9.17, 15) is 4.79 Å². The SMILES string of the molecule is O=C(c1ccccc1OCc1ccccc1)[C@@H]1O[C@@H]1c1ccccc1. The van der Waals surface area contributed by atoms with Gasteiger partial charge in [-0.1, -0.05) is 72.8 Å². The number of hydrogen-bond acceptors (Lipinski definition) is 3. The molecule has 0 unspecified atom stereocenters. The molecule has 0 spiro atoms. The van der Waals surface area contributed by atoms with Crippen LogP contribution in [-0.2, 0) is 11.3 Å². The van der Waals surface area contributed by atoms with Gasteiger partial charge in [-0.05, 0) is 23.3 Å². The van der Waals surface area contributed by atoms with Crippen LogP contribution in [0.3, 0.4) is 0 Å². The molecule has 0 N–H and O–H groups in total. The van der Waals surface area contributed by atoms with Crippen LogP contribution < -0.4 is 4.74 Å². The van der Waals surface area contributed by atoms with Gasteiger partial charge in [-0.3, -0.25) is 4.79 Å². The monoisotopic (exact) mass is 330 g/mol. The van der Waals surface area contributed by atoms with Gasteiger partial charge in [0.25, 0.3) is 0 Å². The maximum absolute atomic E-state index is 12.8. The molecule has 0 saturated carbocycles. The second-order valence-electron chi connectivity index (χ2n) is 6.02. The Morgan fingerprint density at radius 1 is 0.840 bits per heavy atom. The van der Waals surface area contributed by atoms with Gasteiger partial charge in [0.05, 0.1) is 5.56 Å². The number of para-hydroxylation sites is 1. The molecule has 1 aliphatic heterocycles. The predicted octanol–water partition coefficient (Wildman–Crippen LogP) is 4.59. The van der Waals surface area contributed by atoms with Crippen molar-refractivity contribution in [1.29, 1.82) is 0 Å². The molecule has 0 radical (unpaired) electrons. The topological polar surface area (TPSA) is 38.8 Å². The molecule has 3 heteroatoms. The first kappa shape index (κ1) is 15.6. The van der Waals surface area contributed by atoms with E-state index in [2.05, 4.69) is 0 Å². The minimum Gasteiger partial charge on any atom is -0.488 e. The molecule has 1 aliphatic rings. The summed E-state index contributed by atoms with van der Waals surface area (Å²) in [5.74, 6) is 0.566. The van der Waals surface area contributed by atoms with Crippen LogP contribution in [0.5, 0.6) is 5.75 Å². The van der Waals surface area contributed by atoms with Gasteiger partial charge in [-0.15, -0.1) is 0 Å². The van der Waals surface area contributed by atoms with Crippen molar-refractivity contribution in [3.8, 4) is 5.75 Å². The van der Waals surface area contributed by atoms with Crippen molar-refractivity contribution in [3.63, 3.8) is 0 Å². The number of benzene rings is 3. The summed E-state index contributed by atoms with van der Waals surface area (Å²) >= 11 is 0. The van der Waals surface area contributed by atoms with E-state index in [0.29, 0.717) is 17.9 Å². The lowest BCUT2D eigenvalue weighted by Crippen LogP contribution is -2.10. The van der Waals surface area contributed by atoms with E-state index in [0.717, 1.165) is 11.1 Å². The van der Waals surface area contributed by atoms with Crippen molar-refractivity contribution >= 4 is 5.78 Å². The minimum absolute atomic E-state index is 0.0301. The fraction of sp³-hybridized carbons (Fsp3) is 0.136. The Morgan fingerprint density at radius 3 is 2.24 bits per heavy atom. The average molecular weight is 330 g/mol. The number of rotatable bonds is 6. The van der Waals surface area contributed by atoms with E-state index in [-0.39, 0.29) is 11.9 Å². The van der Waals surface area contributed by atoms with Crippen LogP contribution >= 0.6 is 0 Å². The largest absolute Gasteiger partial charge is 0.488 e. The van der Waals surface area contributed by atoms with E-state index >= 15 is 0 Å². The highest BCUT2D eigenvalue weighted by atomic mass is 16.6. The molecular formula is C22H18O3. The lowest BCUT2D eigenvalue weighted by atomic mass is 10.0. The average Bonchev–Trinajstić information content (AvgIpc) is 3.48. The molecule has 0 bridgehead atoms. The van der Waals surface area contributed by atoms with Crippen molar-refractivity contribution in [3.05, 3.63) is 102 Å². The normalized spacial score (nSPS) is 18.6. The zero-order valence-electron chi connectivity index (χ0n) is 13.7. The van der Waals surface area contributed by atoms with Crippen molar-refractivity contribution in [1.82, 2.24) is 0 Å². The number of ether oxygens (including phenoxy) is 2. The zero-order valence-corrected chi connectivity index (χ0v) is 13.7. The van der Waals surface area contributed by atoms with Crippen LogP contribution in [0.1, 0.15) is 27.6 Å². The zero-order chi connectivity index (χ0) is 17.1. The summed E-state index contributed by atoms with van der Waals surface area (Å²) < 4.78 is 11.5. The first-order valence-corrected chi connectivity index (χ1v) is 8.33. The van der Waals surface area contributed by atoms with Crippen LogP contribution in [-0.4, -0.2) is 11.9 Å². The van der Waals surface area contributed by atoms with Gasteiger partial charge in [-0.25, -0.2) is 0 Å². The Morgan fingerprint density at radius 2 is 1.48 bits per heavy atom. The third-order valence-electron chi connectivity index (χ3n) is 4.27. The molecule has 2 atom stereocenters. The number of carbonyl (C=O) groups is 1. The Hall–Kier alpha value is -2.91. The lowest BCUT2D eigenvalue weighted by Gasteiger charge is -2.10. The van der Waals surface area contributed by atoms with Crippen molar-refractivity contribution in [2.45, 2.75) is 18.8 Å². The second kappa shape index (κ2) is 6.91. The molecule has 0 aliphatic carbocycles. The van der Waals surface area contributed by atoms with E-state index < -0.39 is 6.10 Å². The minimum atomic E-state index is -0.427. The highest BCUT2D eigenvalue weighted by molar-refractivity contribution is 6.03. The summed E-state index contributed by atoms with van der Waals surface area (Å²) in [4.78, 5) is 12.8. The first-order valence-electron chi connectivity index (χ1n) is 8.33. The smallest absolute Gasteiger partial charge is 0.198 e. The van der Waals surface area contributed by atoms with Crippen LogP contribution in [0.25, 0.3) is 0 Å². The number of Topliss-reactive ketones (excluding diaryl/α,β-unsaturated/α-hetero) is 1. The quantitative estimate of drug-likeness (QED) is 0.490. The van der Waals surface area contributed by atoms with Crippen molar-refractivity contribution in [2.24, 2.45) is 0 Å². The van der Waals surface area contributed by atoms with E-state index in [1.807, 2.05) is 78.9 Å². The highest BCUT2D eigenvalue weighted by Crippen LogP contribution is 2.41. The Balaban J connectivity index is 1.48. The molecule has 0 amide bonds. The van der Waals surface area contributed by atoms with Gasteiger partial charge >= 0.3 is 0 Å². The number of ketones is 1. The highest BCUT2D eigenvalue weighted by Gasteiger charge is 2.46. The predicted molar refractivity (Wildman–Crippen MR) is 95.6 cm³/mol. The Kier molecular flexibility index (Phi) is 4.32. The fourth-order valence-corrected chi connectivity index (χ4v) is 2.89. The van der Waals surface area contributed by atoms with Crippen LogP contribution in [0, 0.1) is 0 Å². The first-order chi connectivity index (χ1) is 12.3. The van der Waals surface area contributed by atoms with Crippen LogP contribution in [0.15, 0.2) is 84.9 Å². The molecule has 3 aromatic rings. The van der Waals surface area contributed by atoms with Gasteiger partial charge < -0.3 is 9.47 Å². The Labute approximate surface area is 146 Å². The van der Waals surface area contributed by atoms with Crippen LogP contribution in [0.2, 0.25) is 0 Å². The molecule has 124 valence electrons. The Bertz CT molecular complexity index is 859. The van der Waals surface area contributed by atoms with Gasteiger partial charge in [0.1, 0.15) is 18.5 Å². The standard InChI is InChI=1S/C22H18O3/c23-20(22-21(25-22)17-11-5-2-6-12-17)18-13-7-8-14-19(18)24-15-16-9-3-1-4-10-16/h1-14,21-22H,15H2/t21-,22+/m1/s1. The molecule has 0 aromatic heterocycles. The summed E-state index contributed by atoms with van der Waals surface area (Å²) in [5, 5.41) is 0. The van der Waals surface area contributed by atoms with Gasteiger partial charge in [0.2, 0.25) is 0 Å². The molecule has 1 heterocycles. The van der Waals surface area contributed by atoms with Crippen molar-refractivity contribution in [2.75, 3.05) is 0 Å². The molecule has 25 heavy (non-hydrogen) atoms. The molecule has 1 saturated heterocycles. The second-order valence-corrected chi connectivity index (χ2v) is 6.02. The molecule has 3 nitrogen and oxygen atoms in total. The third kappa shape index (κ3) is 3.47. The summed E-state index contributed by atoms with van der Waals surface area (Å²) in [5.41, 5.74) is 2.67. The van der Waals surface area contributed by atoms with E-state index in [1.54, 1.807) is 6.07 Å². The number of hydrogen-bond donors (Lipinski definition) is 0. The third-order valence-corrected chi connectivity index (χ3v) is 4.27. The molecule has 4 rings (SSSR count). The fourth-order valence-electron chi connectivity index (χ4n) is 2.89. The van der Waals surface area contributed by atoms with Gasteiger partial charge in [0, 0.05) is 0 Å². The maximum Gasteiger partial charge on any atom is 0.198 e. The summed E-state index contributed by atoms with van der Waals surface area (Å²) in [7, 11) is 0. The van der Waals surface area contributed by atoms with E-state index in [4.69, 9.17) is 9.47 Å². The van der Waals surface area contributed by atoms with Gasteiger partial charge in [0.15, 0.2) is 11.9 Å². The van der Waals surface area contributed by atoms with Crippen molar-refractivity contribution < 1.29 is 14.3 Å². The number of epoxide rings is 1.